The molecule has 3 amide bonds. The summed E-state index contributed by atoms with van der Waals surface area (Å²) in [5, 5.41) is 8.65. The number of hydrogen-bond donors (Lipinski definition) is 3. The van der Waals surface area contributed by atoms with Gasteiger partial charge in [-0.05, 0) is 78.2 Å². The number of para-hydroxylation sites is 1. The summed E-state index contributed by atoms with van der Waals surface area (Å²) in [4.78, 5) is 40.8. The van der Waals surface area contributed by atoms with Crippen molar-refractivity contribution in [3.8, 4) is 0 Å². The first-order valence-corrected chi connectivity index (χ1v) is 15.9. The van der Waals surface area contributed by atoms with Crippen LogP contribution in [0.25, 0.3) is 6.08 Å². The van der Waals surface area contributed by atoms with Crippen LogP contribution in [-0.4, -0.2) is 17.7 Å². The smallest absolute Gasteiger partial charge is 0.272 e. The largest absolute Gasteiger partial charge is 0.325 e. The monoisotopic (exact) mass is 665 g/mol. The molecule has 1 unspecified atom stereocenters. The van der Waals surface area contributed by atoms with E-state index in [1.807, 2.05) is 73.7 Å². The fourth-order valence-corrected chi connectivity index (χ4v) is 5.88. The topological polar surface area (TPSA) is 87.3 Å². The number of carbonyl (C=O) groups excluding carboxylic acids is 3. The summed E-state index contributed by atoms with van der Waals surface area (Å²) in [5.41, 5.74) is 3.92. The lowest BCUT2D eigenvalue weighted by Gasteiger charge is -2.18. The van der Waals surface area contributed by atoms with Gasteiger partial charge >= 0.3 is 0 Å². The maximum absolute atomic E-state index is 13.5. The Morgan fingerprint density at radius 1 is 0.717 bits per heavy atom. The molecule has 0 radical (unpaired) electrons. The highest BCUT2D eigenvalue weighted by atomic mass is 35.5. The Hall–Kier alpha value is -4.82. The lowest BCUT2D eigenvalue weighted by Crippen LogP contribution is -2.30. The van der Waals surface area contributed by atoms with Crippen molar-refractivity contribution in [2.75, 3.05) is 10.6 Å². The summed E-state index contributed by atoms with van der Waals surface area (Å²) in [6, 6.07) is 38.0. The zero-order chi connectivity index (χ0) is 32.5. The van der Waals surface area contributed by atoms with Gasteiger partial charge in [0, 0.05) is 21.8 Å². The highest BCUT2D eigenvalue weighted by Gasteiger charge is 2.23. The van der Waals surface area contributed by atoms with Gasteiger partial charge in [-0.2, -0.15) is 0 Å². The van der Waals surface area contributed by atoms with Crippen LogP contribution < -0.4 is 16.0 Å². The van der Waals surface area contributed by atoms with E-state index in [1.165, 1.54) is 17.8 Å². The second-order valence-corrected chi connectivity index (χ2v) is 12.2. The second-order valence-electron chi connectivity index (χ2n) is 10.2. The van der Waals surface area contributed by atoms with E-state index in [0.29, 0.717) is 21.8 Å². The molecule has 6 nitrogen and oxygen atoms in total. The van der Waals surface area contributed by atoms with Gasteiger partial charge in [-0.1, -0.05) is 102 Å². The minimum absolute atomic E-state index is 0.0199. The molecule has 0 heterocycles. The molecule has 0 spiro atoms. The quantitative estimate of drug-likeness (QED) is 0.103. The average Bonchev–Trinajstić information content (AvgIpc) is 3.07. The van der Waals surface area contributed by atoms with Gasteiger partial charge in [0.05, 0.1) is 10.0 Å². The molecular formula is C37H29Cl2N3O3S. The van der Waals surface area contributed by atoms with Crippen molar-refractivity contribution in [2.45, 2.75) is 17.1 Å². The predicted molar refractivity (Wildman–Crippen MR) is 188 cm³/mol. The second kappa shape index (κ2) is 15.5. The standard InChI is InChI=1S/C37H29Cl2N3O3S/c1-24-11-8-9-18-31(24)41-37(45)34(25-12-4-2-5-13-25)46-29-21-19-28(20-22-29)40-36(44)32(23-27-16-10-17-30(38)33(27)39)42-35(43)26-14-6-3-7-15-26/h2-23,34H,1H3,(H,40,44)(H,41,45)(H,42,43)/b32-23-. The number of rotatable bonds is 10. The van der Waals surface area contributed by atoms with Gasteiger partial charge in [-0.25, -0.2) is 0 Å². The highest BCUT2D eigenvalue weighted by molar-refractivity contribution is 8.00. The van der Waals surface area contributed by atoms with Gasteiger partial charge in [-0.3, -0.25) is 14.4 Å². The third-order valence-corrected chi connectivity index (χ3v) is 9.02. The molecule has 9 heteroatoms. The summed E-state index contributed by atoms with van der Waals surface area (Å²) < 4.78 is 0. The van der Waals surface area contributed by atoms with E-state index in [0.717, 1.165) is 21.7 Å². The maximum Gasteiger partial charge on any atom is 0.272 e. The number of carbonyl (C=O) groups is 3. The number of benzene rings is 5. The number of nitrogens with one attached hydrogen (secondary N) is 3. The van der Waals surface area contributed by atoms with E-state index in [-0.39, 0.29) is 16.6 Å². The van der Waals surface area contributed by atoms with Gasteiger partial charge in [0.2, 0.25) is 5.91 Å². The third kappa shape index (κ3) is 8.46. The Balaban J connectivity index is 1.35. The van der Waals surface area contributed by atoms with E-state index in [9.17, 15) is 14.4 Å². The molecule has 0 saturated heterocycles. The highest BCUT2D eigenvalue weighted by Crippen LogP contribution is 2.37. The molecule has 0 aliphatic heterocycles. The molecule has 0 saturated carbocycles. The van der Waals surface area contributed by atoms with Crippen molar-refractivity contribution in [3.63, 3.8) is 0 Å². The molecule has 5 aromatic carbocycles. The number of hydrogen-bond acceptors (Lipinski definition) is 4. The van der Waals surface area contributed by atoms with Crippen LogP contribution in [0.1, 0.15) is 32.3 Å². The first-order chi connectivity index (χ1) is 22.3. The number of amides is 3. The Morgan fingerprint density at radius 2 is 1.37 bits per heavy atom. The molecule has 0 bridgehead atoms. The molecule has 5 aromatic rings. The first-order valence-electron chi connectivity index (χ1n) is 14.3. The van der Waals surface area contributed by atoms with Gasteiger partial charge < -0.3 is 16.0 Å². The number of aryl methyl sites for hydroxylation is 1. The average molecular weight is 667 g/mol. The van der Waals surface area contributed by atoms with Crippen LogP contribution in [-0.2, 0) is 9.59 Å². The molecule has 0 aromatic heterocycles. The Kier molecular flexibility index (Phi) is 10.9. The van der Waals surface area contributed by atoms with Crippen LogP contribution in [0.15, 0.2) is 138 Å². The van der Waals surface area contributed by atoms with Crippen LogP contribution in [0, 0.1) is 6.92 Å². The van der Waals surface area contributed by atoms with Gasteiger partial charge in [0.25, 0.3) is 11.8 Å². The van der Waals surface area contributed by atoms with Crippen LogP contribution >= 0.6 is 35.0 Å². The fourth-order valence-electron chi connectivity index (χ4n) is 4.49. The van der Waals surface area contributed by atoms with E-state index >= 15 is 0 Å². The normalized spacial score (nSPS) is 11.8. The Bertz CT molecular complexity index is 1880. The SMILES string of the molecule is Cc1ccccc1NC(=O)C(Sc1ccc(NC(=O)/C(=C/c2cccc(Cl)c2Cl)NC(=O)c2ccccc2)cc1)c1ccccc1. The van der Waals surface area contributed by atoms with Crippen molar-refractivity contribution in [1.29, 1.82) is 0 Å². The minimum atomic E-state index is -0.555. The zero-order valence-corrected chi connectivity index (χ0v) is 27.0. The molecule has 5 rings (SSSR count). The molecule has 0 aliphatic carbocycles. The molecule has 0 fully saturated rings. The minimum Gasteiger partial charge on any atom is -0.325 e. The first kappa shape index (κ1) is 32.6. The molecule has 0 aliphatic rings. The predicted octanol–water partition coefficient (Wildman–Crippen LogP) is 9.18. The Morgan fingerprint density at radius 3 is 2.07 bits per heavy atom. The van der Waals surface area contributed by atoms with Crippen molar-refractivity contribution < 1.29 is 14.4 Å². The molecule has 46 heavy (non-hydrogen) atoms. The van der Waals surface area contributed by atoms with Crippen LogP contribution in [0.4, 0.5) is 11.4 Å². The summed E-state index contributed by atoms with van der Waals surface area (Å²) in [7, 11) is 0. The number of thioether (sulfide) groups is 1. The zero-order valence-electron chi connectivity index (χ0n) is 24.7. The van der Waals surface area contributed by atoms with Crippen molar-refractivity contribution in [2.24, 2.45) is 0 Å². The van der Waals surface area contributed by atoms with Crippen LogP contribution in [0.2, 0.25) is 10.0 Å². The van der Waals surface area contributed by atoms with Crippen LogP contribution in [0.3, 0.4) is 0 Å². The molecule has 230 valence electrons. The lowest BCUT2D eigenvalue weighted by atomic mass is 10.1. The van der Waals surface area contributed by atoms with E-state index in [4.69, 9.17) is 23.2 Å². The third-order valence-electron chi connectivity index (χ3n) is 6.92. The summed E-state index contributed by atoms with van der Waals surface area (Å²) in [5.74, 6) is -1.16. The number of anilines is 2. The maximum atomic E-state index is 13.5. The van der Waals surface area contributed by atoms with Crippen molar-refractivity contribution >= 4 is 70.1 Å². The van der Waals surface area contributed by atoms with Gasteiger partial charge in [0.1, 0.15) is 10.9 Å². The van der Waals surface area contributed by atoms with Crippen LogP contribution in [0.5, 0.6) is 0 Å². The Labute approximate surface area is 281 Å². The summed E-state index contributed by atoms with van der Waals surface area (Å²) in [6.45, 7) is 1.95. The molecule has 1 atom stereocenters. The fraction of sp³-hybridized carbons (Fsp3) is 0.0541. The van der Waals surface area contributed by atoms with Crippen molar-refractivity contribution in [1.82, 2.24) is 5.32 Å². The van der Waals surface area contributed by atoms with Gasteiger partial charge in [0.15, 0.2) is 0 Å². The molecular weight excluding hydrogens is 637 g/mol. The van der Waals surface area contributed by atoms with E-state index < -0.39 is 17.1 Å². The van der Waals surface area contributed by atoms with Crippen molar-refractivity contribution in [3.05, 3.63) is 165 Å². The number of halogens is 2. The molecule has 3 N–H and O–H groups in total. The van der Waals surface area contributed by atoms with E-state index in [1.54, 1.807) is 60.7 Å². The summed E-state index contributed by atoms with van der Waals surface area (Å²) >= 11 is 14.0. The van der Waals surface area contributed by atoms with E-state index in [2.05, 4.69) is 16.0 Å². The summed E-state index contributed by atoms with van der Waals surface area (Å²) in [6.07, 6.45) is 1.48. The lowest BCUT2D eigenvalue weighted by molar-refractivity contribution is -0.116. The van der Waals surface area contributed by atoms with Gasteiger partial charge in [-0.15, -0.1) is 11.8 Å².